The zero-order valence-electron chi connectivity index (χ0n) is 10.7. The highest BCUT2D eigenvalue weighted by atomic mass is 35.5. The summed E-state index contributed by atoms with van der Waals surface area (Å²) < 4.78 is 23.7. The Kier molecular flexibility index (Phi) is 4.14. The number of nitrogens with zero attached hydrogens (tertiary/aromatic N) is 2. The lowest BCUT2D eigenvalue weighted by Gasteiger charge is -2.08. The molecule has 1 heterocycles. The van der Waals surface area contributed by atoms with Crippen LogP contribution in [0.3, 0.4) is 0 Å². The van der Waals surface area contributed by atoms with Crippen LogP contribution in [-0.4, -0.2) is 30.2 Å². The number of hydrogen-bond donors (Lipinski definition) is 0. The van der Waals surface area contributed by atoms with Gasteiger partial charge in [0, 0.05) is 6.20 Å². The van der Waals surface area contributed by atoms with E-state index in [9.17, 15) is 9.18 Å². The fourth-order valence-electron chi connectivity index (χ4n) is 1.60. The van der Waals surface area contributed by atoms with E-state index >= 15 is 0 Å². The molecule has 2 rings (SSSR count). The van der Waals surface area contributed by atoms with Crippen molar-refractivity contribution in [2.24, 2.45) is 0 Å². The molecule has 0 bridgehead atoms. The van der Waals surface area contributed by atoms with Crippen molar-refractivity contribution >= 4 is 17.6 Å². The number of halogens is 2. The lowest BCUT2D eigenvalue weighted by Crippen LogP contribution is -2.06. The van der Waals surface area contributed by atoms with Crippen LogP contribution in [0.1, 0.15) is 10.5 Å². The molecule has 5 nitrogen and oxygen atoms in total. The highest BCUT2D eigenvalue weighted by Gasteiger charge is 2.17. The SMILES string of the molecule is COC(=O)c1ccnc(-c2ccc(Cl)c(OC)c2F)n1. The van der Waals surface area contributed by atoms with Crippen molar-refractivity contribution in [1.82, 2.24) is 9.97 Å². The molecule has 2 aromatic rings. The first-order valence-electron chi connectivity index (χ1n) is 5.52. The number of aromatic nitrogens is 2. The van der Waals surface area contributed by atoms with Gasteiger partial charge in [-0.2, -0.15) is 0 Å². The molecule has 20 heavy (non-hydrogen) atoms. The molecule has 1 aromatic heterocycles. The van der Waals surface area contributed by atoms with Gasteiger partial charge in [-0.15, -0.1) is 0 Å². The van der Waals surface area contributed by atoms with Gasteiger partial charge in [-0.25, -0.2) is 19.2 Å². The van der Waals surface area contributed by atoms with Crippen molar-refractivity contribution in [2.45, 2.75) is 0 Å². The molecule has 0 atom stereocenters. The first-order chi connectivity index (χ1) is 9.58. The summed E-state index contributed by atoms with van der Waals surface area (Å²) >= 11 is 5.81. The summed E-state index contributed by atoms with van der Waals surface area (Å²) in [5, 5.41) is 0.137. The first-order valence-corrected chi connectivity index (χ1v) is 5.90. The van der Waals surface area contributed by atoms with Crippen molar-refractivity contribution in [1.29, 1.82) is 0 Å². The maximum atomic E-state index is 14.2. The lowest BCUT2D eigenvalue weighted by molar-refractivity contribution is 0.0594. The maximum Gasteiger partial charge on any atom is 0.356 e. The van der Waals surface area contributed by atoms with Gasteiger partial charge in [0.15, 0.2) is 23.1 Å². The van der Waals surface area contributed by atoms with E-state index in [0.717, 1.165) is 0 Å². The largest absolute Gasteiger partial charge is 0.492 e. The molecular weight excluding hydrogens is 287 g/mol. The maximum absolute atomic E-state index is 14.2. The minimum Gasteiger partial charge on any atom is -0.492 e. The van der Waals surface area contributed by atoms with Crippen LogP contribution in [0.2, 0.25) is 5.02 Å². The Morgan fingerprint density at radius 2 is 2.05 bits per heavy atom. The van der Waals surface area contributed by atoms with Gasteiger partial charge in [0.05, 0.1) is 24.8 Å². The standard InChI is InChI=1S/C13H10ClFN2O3/c1-19-11-8(14)4-3-7(10(11)15)12-16-6-5-9(17-12)13(18)20-2/h3-6H,1-2H3. The summed E-state index contributed by atoms with van der Waals surface area (Å²) in [6.07, 6.45) is 1.34. The highest BCUT2D eigenvalue weighted by molar-refractivity contribution is 6.32. The van der Waals surface area contributed by atoms with Crippen molar-refractivity contribution in [3.63, 3.8) is 0 Å². The van der Waals surface area contributed by atoms with E-state index in [1.54, 1.807) is 0 Å². The molecule has 0 saturated carbocycles. The van der Waals surface area contributed by atoms with Crippen LogP contribution >= 0.6 is 11.6 Å². The molecule has 0 aliphatic heterocycles. The smallest absolute Gasteiger partial charge is 0.356 e. The van der Waals surface area contributed by atoms with Gasteiger partial charge in [-0.1, -0.05) is 11.6 Å². The summed E-state index contributed by atoms with van der Waals surface area (Å²) in [5.41, 5.74) is 0.114. The van der Waals surface area contributed by atoms with Gasteiger partial charge in [-0.3, -0.25) is 0 Å². The summed E-state index contributed by atoms with van der Waals surface area (Å²) in [5.74, 6) is -1.38. The Labute approximate surface area is 119 Å². The zero-order chi connectivity index (χ0) is 14.7. The minimum atomic E-state index is -0.693. The first kappa shape index (κ1) is 14.2. The second kappa shape index (κ2) is 5.83. The number of esters is 1. The van der Waals surface area contributed by atoms with Gasteiger partial charge < -0.3 is 9.47 Å². The lowest BCUT2D eigenvalue weighted by atomic mass is 10.1. The van der Waals surface area contributed by atoms with E-state index < -0.39 is 11.8 Å². The molecule has 104 valence electrons. The Bertz CT molecular complexity index is 664. The van der Waals surface area contributed by atoms with Crippen molar-refractivity contribution in [3.8, 4) is 17.1 Å². The molecule has 0 saturated heterocycles. The zero-order valence-corrected chi connectivity index (χ0v) is 11.4. The van der Waals surface area contributed by atoms with Crippen LogP contribution in [0.15, 0.2) is 24.4 Å². The van der Waals surface area contributed by atoms with E-state index in [-0.39, 0.29) is 27.9 Å². The average molecular weight is 297 g/mol. The second-order valence-electron chi connectivity index (χ2n) is 3.70. The highest BCUT2D eigenvalue weighted by Crippen LogP contribution is 2.33. The topological polar surface area (TPSA) is 61.3 Å². The number of ether oxygens (including phenoxy) is 2. The van der Waals surface area contributed by atoms with E-state index in [1.807, 2.05) is 0 Å². The molecule has 1 aromatic carbocycles. The fraction of sp³-hybridized carbons (Fsp3) is 0.154. The van der Waals surface area contributed by atoms with Crippen LogP contribution in [0.4, 0.5) is 4.39 Å². The van der Waals surface area contributed by atoms with Gasteiger partial charge in [0.1, 0.15) is 0 Å². The monoisotopic (exact) mass is 296 g/mol. The fourth-order valence-corrected chi connectivity index (χ4v) is 1.82. The van der Waals surface area contributed by atoms with Crippen molar-refractivity contribution in [2.75, 3.05) is 14.2 Å². The number of methoxy groups -OCH3 is 2. The molecule has 0 aliphatic rings. The van der Waals surface area contributed by atoms with E-state index in [0.29, 0.717) is 0 Å². The Balaban J connectivity index is 2.55. The Morgan fingerprint density at radius 1 is 1.30 bits per heavy atom. The van der Waals surface area contributed by atoms with E-state index in [1.165, 1.54) is 38.6 Å². The average Bonchev–Trinajstić information content (AvgIpc) is 2.47. The molecule has 0 amide bonds. The van der Waals surface area contributed by atoms with Crippen molar-refractivity contribution in [3.05, 3.63) is 40.9 Å². The molecule has 0 unspecified atom stereocenters. The summed E-state index contributed by atoms with van der Waals surface area (Å²) in [4.78, 5) is 19.3. The van der Waals surface area contributed by atoms with Gasteiger partial charge in [0.2, 0.25) is 0 Å². The van der Waals surface area contributed by atoms with Gasteiger partial charge >= 0.3 is 5.97 Å². The van der Waals surface area contributed by atoms with E-state index in [2.05, 4.69) is 14.7 Å². The normalized spacial score (nSPS) is 10.2. The second-order valence-corrected chi connectivity index (χ2v) is 4.11. The van der Waals surface area contributed by atoms with Gasteiger partial charge in [-0.05, 0) is 18.2 Å². The minimum absolute atomic E-state index is 0.0332. The third kappa shape index (κ3) is 2.55. The predicted molar refractivity (Wildman–Crippen MR) is 70.3 cm³/mol. The molecule has 7 heteroatoms. The van der Waals surface area contributed by atoms with Gasteiger partial charge in [0.25, 0.3) is 0 Å². The van der Waals surface area contributed by atoms with Crippen LogP contribution in [0.5, 0.6) is 5.75 Å². The summed E-state index contributed by atoms with van der Waals surface area (Å²) in [7, 11) is 2.54. The number of carbonyl (C=O) groups is 1. The molecule has 0 radical (unpaired) electrons. The third-order valence-corrected chi connectivity index (χ3v) is 2.84. The molecule has 0 N–H and O–H groups in total. The number of rotatable bonds is 3. The van der Waals surface area contributed by atoms with Crippen LogP contribution < -0.4 is 4.74 Å². The number of carbonyl (C=O) groups excluding carboxylic acids is 1. The van der Waals surface area contributed by atoms with Crippen LogP contribution in [0, 0.1) is 5.82 Å². The molecule has 0 aliphatic carbocycles. The molecule has 0 fully saturated rings. The molecule has 0 spiro atoms. The number of benzene rings is 1. The van der Waals surface area contributed by atoms with Crippen LogP contribution in [-0.2, 0) is 4.74 Å². The number of hydrogen-bond acceptors (Lipinski definition) is 5. The van der Waals surface area contributed by atoms with E-state index in [4.69, 9.17) is 16.3 Å². The van der Waals surface area contributed by atoms with Crippen molar-refractivity contribution < 1.29 is 18.7 Å². The predicted octanol–water partition coefficient (Wildman–Crippen LogP) is 2.73. The van der Waals surface area contributed by atoms with Crippen LogP contribution in [0.25, 0.3) is 11.4 Å². The summed E-state index contributed by atoms with van der Waals surface area (Å²) in [6.45, 7) is 0. The Morgan fingerprint density at radius 3 is 2.70 bits per heavy atom. The molecular formula is C13H10ClFN2O3. The third-order valence-electron chi connectivity index (χ3n) is 2.54. The summed E-state index contributed by atoms with van der Waals surface area (Å²) in [6, 6.07) is 4.25. The quantitative estimate of drug-likeness (QED) is 0.815. The Hall–Kier alpha value is -2.21.